The summed E-state index contributed by atoms with van der Waals surface area (Å²) in [5, 5.41) is 21.8. The topological polar surface area (TPSA) is 105 Å². The number of aliphatic hydroxyl groups is 1. The fraction of sp³-hybridized carbons (Fsp3) is 0.200. The van der Waals surface area contributed by atoms with E-state index in [4.69, 9.17) is 9.47 Å². The molecule has 0 aromatic heterocycles. The van der Waals surface area contributed by atoms with Crippen LogP contribution in [0.5, 0.6) is 0 Å². The lowest BCUT2D eigenvalue weighted by Crippen LogP contribution is -2.38. The molecule has 0 bridgehead atoms. The van der Waals surface area contributed by atoms with Crippen molar-refractivity contribution in [3.05, 3.63) is 161 Å². The summed E-state index contributed by atoms with van der Waals surface area (Å²) in [6, 6.07) is 40.2. The standard InChI is InChI=1S/C40H37NO6S/c1-26-36(25-48-35-20-18-32(19-21-35)39(44)45)46-40(47-37(26)30-12-10-27(24-42)11-13-30)33-16-14-29(15-17-33)34-9-5-6-28(22-34)23-41-38(43)31-7-3-2-4-8-31/h2-22,26,36-37,40,42H,23-25H2,1H3,(H,41,43)(H,44,45). The Bertz CT molecular complexity index is 1830. The van der Waals surface area contributed by atoms with E-state index < -0.39 is 12.3 Å². The highest BCUT2D eigenvalue weighted by Gasteiger charge is 2.38. The van der Waals surface area contributed by atoms with Gasteiger partial charge in [-0.1, -0.05) is 91.9 Å². The number of aromatic carboxylic acids is 1. The number of carboxylic acid groups (broad SMARTS) is 1. The van der Waals surface area contributed by atoms with Crippen LogP contribution < -0.4 is 5.32 Å². The Morgan fingerprint density at radius 3 is 2.12 bits per heavy atom. The van der Waals surface area contributed by atoms with Gasteiger partial charge in [0.1, 0.15) is 0 Å². The molecule has 244 valence electrons. The van der Waals surface area contributed by atoms with E-state index in [0.717, 1.165) is 38.3 Å². The number of benzene rings is 5. The second kappa shape index (κ2) is 15.4. The summed E-state index contributed by atoms with van der Waals surface area (Å²) in [7, 11) is 0. The molecule has 7 nitrogen and oxygen atoms in total. The van der Waals surface area contributed by atoms with Crippen molar-refractivity contribution in [3.63, 3.8) is 0 Å². The van der Waals surface area contributed by atoms with Gasteiger partial charge in [-0.3, -0.25) is 4.79 Å². The second-order valence-electron chi connectivity index (χ2n) is 11.8. The minimum absolute atomic E-state index is 0.0232. The number of carbonyl (C=O) groups excluding carboxylic acids is 1. The first-order valence-corrected chi connectivity index (χ1v) is 16.9. The fourth-order valence-electron chi connectivity index (χ4n) is 5.75. The van der Waals surface area contributed by atoms with Crippen LogP contribution in [-0.2, 0) is 22.6 Å². The molecule has 1 aliphatic rings. The van der Waals surface area contributed by atoms with Gasteiger partial charge in [0.2, 0.25) is 0 Å². The van der Waals surface area contributed by atoms with Crippen molar-refractivity contribution in [2.45, 2.75) is 43.5 Å². The Balaban J connectivity index is 1.18. The Morgan fingerprint density at radius 1 is 0.729 bits per heavy atom. The van der Waals surface area contributed by atoms with Gasteiger partial charge in [0.15, 0.2) is 6.29 Å². The largest absolute Gasteiger partial charge is 0.478 e. The molecule has 5 aromatic carbocycles. The zero-order valence-electron chi connectivity index (χ0n) is 26.5. The normalized spacial score (nSPS) is 19.0. The summed E-state index contributed by atoms with van der Waals surface area (Å²) in [6.07, 6.45) is -0.992. The van der Waals surface area contributed by atoms with Gasteiger partial charge in [-0.15, -0.1) is 11.8 Å². The summed E-state index contributed by atoms with van der Waals surface area (Å²) >= 11 is 1.62. The van der Waals surface area contributed by atoms with E-state index in [0.29, 0.717) is 17.9 Å². The predicted molar refractivity (Wildman–Crippen MR) is 187 cm³/mol. The summed E-state index contributed by atoms with van der Waals surface area (Å²) in [6.45, 7) is 2.52. The van der Waals surface area contributed by atoms with Crippen LogP contribution in [0.4, 0.5) is 0 Å². The van der Waals surface area contributed by atoms with E-state index in [2.05, 4.69) is 36.5 Å². The van der Waals surface area contributed by atoms with Crippen LogP contribution in [0.15, 0.2) is 132 Å². The molecule has 5 aromatic rings. The number of hydrogen-bond acceptors (Lipinski definition) is 6. The second-order valence-corrected chi connectivity index (χ2v) is 12.9. The highest BCUT2D eigenvalue weighted by Crippen LogP contribution is 2.43. The third kappa shape index (κ3) is 8.03. The van der Waals surface area contributed by atoms with Gasteiger partial charge in [0, 0.05) is 34.2 Å². The molecule has 3 N–H and O–H groups in total. The number of amides is 1. The average Bonchev–Trinajstić information content (AvgIpc) is 3.14. The number of hydrogen-bond donors (Lipinski definition) is 3. The number of rotatable bonds is 11. The molecule has 1 fully saturated rings. The van der Waals surface area contributed by atoms with E-state index in [1.54, 1.807) is 36.0 Å². The maximum Gasteiger partial charge on any atom is 0.335 e. The molecule has 4 atom stereocenters. The first kappa shape index (κ1) is 33.2. The molecule has 0 aliphatic carbocycles. The summed E-state index contributed by atoms with van der Waals surface area (Å²) in [5.74, 6) is -0.374. The fourth-order valence-corrected chi connectivity index (χ4v) is 6.82. The molecule has 8 heteroatoms. The van der Waals surface area contributed by atoms with Crippen LogP contribution in [-0.4, -0.2) is 33.9 Å². The van der Waals surface area contributed by atoms with Crippen molar-refractivity contribution < 1.29 is 29.3 Å². The van der Waals surface area contributed by atoms with Gasteiger partial charge in [-0.25, -0.2) is 4.79 Å². The van der Waals surface area contributed by atoms with Gasteiger partial charge >= 0.3 is 5.97 Å². The van der Waals surface area contributed by atoms with Gasteiger partial charge in [-0.05, 0) is 70.3 Å². The van der Waals surface area contributed by atoms with Gasteiger partial charge in [-0.2, -0.15) is 0 Å². The Hall–Kier alpha value is -4.73. The van der Waals surface area contributed by atoms with Crippen LogP contribution in [0.2, 0.25) is 0 Å². The van der Waals surface area contributed by atoms with Crippen LogP contribution in [0.3, 0.4) is 0 Å². The van der Waals surface area contributed by atoms with E-state index in [9.17, 15) is 19.8 Å². The Kier molecular flexibility index (Phi) is 10.7. The SMILES string of the molecule is CC1C(CSc2ccc(C(=O)O)cc2)OC(c2ccc(-c3cccc(CNC(=O)c4ccccc4)c3)cc2)OC1c1ccc(CO)cc1. The minimum Gasteiger partial charge on any atom is -0.478 e. The van der Waals surface area contributed by atoms with E-state index in [1.165, 1.54) is 0 Å². The Morgan fingerprint density at radius 2 is 1.44 bits per heavy atom. The van der Waals surface area contributed by atoms with Gasteiger partial charge in [0.05, 0.1) is 24.4 Å². The van der Waals surface area contributed by atoms with Crippen LogP contribution in [0.25, 0.3) is 11.1 Å². The maximum absolute atomic E-state index is 12.5. The van der Waals surface area contributed by atoms with Crippen molar-refractivity contribution in [1.82, 2.24) is 5.32 Å². The van der Waals surface area contributed by atoms with Crippen molar-refractivity contribution in [2.24, 2.45) is 5.92 Å². The maximum atomic E-state index is 12.5. The van der Waals surface area contributed by atoms with Crippen LogP contribution in [0, 0.1) is 5.92 Å². The van der Waals surface area contributed by atoms with Crippen molar-refractivity contribution in [2.75, 3.05) is 5.75 Å². The molecule has 1 amide bonds. The number of carboxylic acids is 1. The molecular weight excluding hydrogens is 623 g/mol. The highest BCUT2D eigenvalue weighted by molar-refractivity contribution is 7.99. The lowest BCUT2D eigenvalue weighted by molar-refractivity contribution is -0.268. The number of nitrogens with one attached hydrogen (secondary N) is 1. The lowest BCUT2D eigenvalue weighted by Gasteiger charge is -2.41. The van der Waals surface area contributed by atoms with Crippen molar-refractivity contribution in [3.8, 4) is 11.1 Å². The molecular formula is C40H37NO6S. The van der Waals surface area contributed by atoms with Crippen LogP contribution in [0.1, 0.15) is 62.3 Å². The molecule has 48 heavy (non-hydrogen) atoms. The number of aliphatic hydroxyl groups excluding tert-OH is 1. The quantitative estimate of drug-likeness (QED) is 0.123. The highest BCUT2D eigenvalue weighted by atomic mass is 32.2. The van der Waals surface area contributed by atoms with E-state index in [-0.39, 0.29) is 36.2 Å². The average molecular weight is 660 g/mol. The summed E-state index contributed by atoms with van der Waals surface area (Å²) in [4.78, 5) is 24.8. The van der Waals surface area contributed by atoms with Gasteiger partial charge < -0.3 is 25.0 Å². The molecule has 1 saturated heterocycles. The summed E-state index contributed by atoms with van der Waals surface area (Å²) < 4.78 is 13.2. The van der Waals surface area contributed by atoms with Gasteiger partial charge in [0.25, 0.3) is 5.91 Å². The third-order valence-electron chi connectivity index (χ3n) is 8.57. The molecule has 0 spiro atoms. The van der Waals surface area contributed by atoms with Crippen molar-refractivity contribution in [1.29, 1.82) is 0 Å². The molecule has 1 heterocycles. The van der Waals surface area contributed by atoms with Crippen LogP contribution >= 0.6 is 11.8 Å². The van der Waals surface area contributed by atoms with E-state index >= 15 is 0 Å². The third-order valence-corrected chi connectivity index (χ3v) is 9.67. The molecule has 1 aliphatic heterocycles. The molecule has 0 radical (unpaired) electrons. The number of thioether (sulfide) groups is 1. The molecule has 0 saturated carbocycles. The lowest BCUT2D eigenvalue weighted by atomic mass is 9.91. The first-order valence-electron chi connectivity index (χ1n) is 15.9. The number of ether oxygens (including phenoxy) is 2. The Labute approximate surface area is 284 Å². The summed E-state index contributed by atoms with van der Waals surface area (Å²) in [5.41, 5.74) is 6.71. The predicted octanol–water partition coefficient (Wildman–Crippen LogP) is 8.06. The molecule has 6 rings (SSSR count). The first-order chi connectivity index (χ1) is 23.4. The number of carbonyl (C=O) groups is 2. The van der Waals surface area contributed by atoms with E-state index in [1.807, 2.05) is 78.9 Å². The smallest absolute Gasteiger partial charge is 0.335 e. The minimum atomic E-state index is -0.947. The molecule has 4 unspecified atom stereocenters. The zero-order valence-corrected chi connectivity index (χ0v) is 27.3. The zero-order chi connectivity index (χ0) is 33.5. The monoisotopic (exact) mass is 659 g/mol. The van der Waals surface area contributed by atoms with Crippen molar-refractivity contribution >= 4 is 23.6 Å².